The van der Waals surface area contributed by atoms with E-state index in [0.29, 0.717) is 5.75 Å². The minimum absolute atomic E-state index is 0.161. The summed E-state index contributed by atoms with van der Waals surface area (Å²) in [5.74, 6) is 1.53. The van der Waals surface area contributed by atoms with Gasteiger partial charge in [0, 0.05) is 15.9 Å². The molecule has 3 nitrogen and oxygen atoms in total. The third kappa shape index (κ3) is 4.39. The molecular weight excluding hydrogens is 398 g/mol. The SMILES string of the molecule is COc1cccc(C2CCCN2C(=O)CSc2ccc(Br)cc2C)c1. The van der Waals surface area contributed by atoms with Crippen LogP contribution in [0.5, 0.6) is 5.75 Å². The van der Waals surface area contributed by atoms with Crippen LogP contribution >= 0.6 is 27.7 Å². The topological polar surface area (TPSA) is 29.5 Å². The molecule has 1 unspecified atom stereocenters. The van der Waals surface area contributed by atoms with E-state index >= 15 is 0 Å². The number of carbonyl (C=O) groups is 1. The fourth-order valence-corrected chi connectivity index (χ4v) is 4.63. The molecule has 1 amide bonds. The Morgan fingerprint density at radius 1 is 1.32 bits per heavy atom. The molecule has 25 heavy (non-hydrogen) atoms. The first-order chi connectivity index (χ1) is 12.1. The predicted molar refractivity (Wildman–Crippen MR) is 106 cm³/mol. The van der Waals surface area contributed by atoms with Gasteiger partial charge < -0.3 is 9.64 Å². The number of thioether (sulfide) groups is 1. The zero-order valence-electron chi connectivity index (χ0n) is 14.5. The number of hydrogen-bond donors (Lipinski definition) is 0. The highest BCUT2D eigenvalue weighted by molar-refractivity contribution is 9.10. The number of amides is 1. The third-order valence-electron chi connectivity index (χ3n) is 4.54. The molecule has 1 fully saturated rings. The van der Waals surface area contributed by atoms with Gasteiger partial charge in [-0.15, -0.1) is 11.8 Å². The van der Waals surface area contributed by atoms with E-state index in [0.717, 1.165) is 40.1 Å². The van der Waals surface area contributed by atoms with Crippen LogP contribution in [0.1, 0.15) is 30.0 Å². The summed E-state index contributed by atoms with van der Waals surface area (Å²) < 4.78 is 6.39. The Labute approximate surface area is 161 Å². The van der Waals surface area contributed by atoms with Crippen LogP contribution in [0.3, 0.4) is 0 Å². The lowest BCUT2D eigenvalue weighted by Gasteiger charge is -2.25. The van der Waals surface area contributed by atoms with Gasteiger partial charge in [-0.1, -0.05) is 28.1 Å². The summed E-state index contributed by atoms with van der Waals surface area (Å²) in [6.07, 6.45) is 2.07. The van der Waals surface area contributed by atoms with Gasteiger partial charge in [0.25, 0.3) is 0 Å². The Balaban J connectivity index is 1.68. The number of carbonyl (C=O) groups excluding carboxylic acids is 1. The van der Waals surface area contributed by atoms with Crippen LogP contribution < -0.4 is 4.74 Å². The van der Waals surface area contributed by atoms with Crippen molar-refractivity contribution in [1.29, 1.82) is 0 Å². The third-order valence-corrected chi connectivity index (χ3v) is 6.19. The molecule has 0 radical (unpaired) electrons. The Kier molecular flexibility index (Phi) is 6.07. The standard InChI is InChI=1S/C20H22BrNO2S/c1-14-11-16(21)8-9-19(14)25-13-20(23)22-10-4-7-18(22)15-5-3-6-17(12-15)24-2/h3,5-6,8-9,11-12,18H,4,7,10,13H2,1-2H3. The predicted octanol–water partition coefficient (Wildman–Crippen LogP) is 5.22. The highest BCUT2D eigenvalue weighted by Crippen LogP contribution is 2.34. The molecule has 1 atom stereocenters. The number of aryl methyl sites for hydroxylation is 1. The molecular formula is C20H22BrNO2S. The highest BCUT2D eigenvalue weighted by atomic mass is 79.9. The smallest absolute Gasteiger partial charge is 0.233 e. The zero-order chi connectivity index (χ0) is 17.8. The number of nitrogens with zero attached hydrogens (tertiary/aromatic N) is 1. The molecule has 0 aromatic heterocycles. The van der Waals surface area contributed by atoms with Gasteiger partial charge in [0.1, 0.15) is 5.75 Å². The molecule has 2 aromatic carbocycles. The number of methoxy groups -OCH3 is 1. The van der Waals surface area contributed by atoms with Gasteiger partial charge >= 0.3 is 0 Å². The van der Waals surface area contributed by atoms with Crippen LogP contribution in [0.15, 0.2) is 51.8 Å². The average Bonchev–Trinajstić information content (AvgIpc) is 3.10. The van der Waals surface area contributed by atoms with Crippen LogP contribution in [0.2, 0.25) is 0 Å². The molecule has 132 valence electrons. The van der Waals surface area contributed by atoms with Crippen LogP contribution in [-0.2, 0) is 4.79 Å². The number of ether oxygens (including phenoxy) is 1. The molecule has 1 saturated heterocycles. The van der Waals surface area contributed by atoms with Crippen molar-refractivity contribution in [2.75, 3.05) is 19.4 Å². The molecule has 0 saturated carbocycles. The summed E-state index contributed by atoms with van der Waals surface area (Å²) >= 11 is 5.10. The van der Waals surface area contributed by atoms with E-state index in [1.54, 1.807) is 18.9 Å². The molecule has 0 aliphatic carbocycles. The quantitative estimate of drug-likeness (QED) is 0.621. The number of likely N-dealkylation sites (tertiary alicyclic amines) is 1. The summed E-state index contributed by atoms with van der Waals surface area (Å²) in [5.41, 5.74) is 2.35. The number of benzene rings is 2. The molecule has 1 heterocycles. The summed E-state index contributed by atoms with van der Waals surface area (Å²) in [7, 11) is 1.67. The minimum Gasteiger partial charge on any atom is -0.497 e. The van der Waals surface area contributed by atoms with Crippen molar-refractivity contribution >= 4 is 33.6 Å². The molecule has 5 heteroatoms. The Morgan fingerprint density at radius 3 is 2.92 bits per heavy atom. The normalized spacial score (nSPS) is 16.9. The molecule has 2 aromatic rings. The zero-order valence-corrected chi connectivity index (χ0v) is 16.9. The molecule has 1 aliphatic heterocycles. The molecule has 0 N–H and O–H groups in total. The van der Waals surface area contributed by atoms with Gasteiger partial charge in [0.2, 0.25) is 5.91 Å². The average molecular weight is 420 g/mol. The first-order valence-corrected chi connectivity index (χ1v) is 10.2. The summed E-state index contributed by atoms with van der Waals surface area (Å²) in [5, 5.41) is 0. The van der Waals surface area contributed by atoms with Gasteiger partial charge in [0.05, 0.1) is 18.9 Å². The van der Waals surface area contributed by atoms with Crippen molar-refractivity contribution in [1.82, 2.24) is 4.90 Å². The Hall–Kier alpha value is -1.46. The van der Waals surface area contributed by atoms with E-state index in [-0.39, 0.29) is 11.9 Å². The van der Waals surface area contributed by atoms with Crippen LogP contribution in [0.25, 0.3) is 0 Å². The van der Waals surface area contributed by atoms with Crippen molar-refractivity contribution in [3.05, 3.63) is 58.1 Å². The maximum absolute atomic E-state index is 12.8. The number of hydrogen-bond acceptors (Lipinski definition) is 3. The maximum Gasteiger partial charge on any atom is 0.233 e. The van der Waals surface area contributed by atoms with E-state index in [4.69, 9.17) is 4.74 Å². The lowest BCUT2D eigenvalue weighted by atomic mass is 10.0. The molecule has 3 rings (SSSR count). The van der Waals surface area contributed by atoms with Gasteiger partial charge in [-0.25, -0.2) is 0 Å². The second-order valence-corrected chi connectivity index (χ2v) is 8.15. The highest BCUT2D eigenvalue weighted by Gasteiger charge is 2.30. The number of rotatable bonds is 5. The molecule has 0 bridgehead atoms. The second-order valence-electron chi connectivity index (χ2n) is 6.22. The van der Waals surface area contributed by atoms with Crippen molar-refractivity contribution in [2.24, 2.45) is 0 Å². The van der Waals surface area contributed by atoms with Crippen molar-refractivity contribution in [2.45, 2.75) is 30.7 Å². The maximum atomic E-state index is 12.8. The Bertz CT molecular complexity index is 765. The van der Waals surface area contributed by atoms with Crippen molar-refractivity contribution in [3.63, 3.8) is 0 Å². The van der Waals surface area contributed by atoms with Gasteiger partial charge in [-0.05, 0) is 61.2 Å². The van der Waals surface area contributed by atoms with E-state index in [2.05, 4.69) is 41.1 Å². The molecule has 1 aliphatic rings. The molecule has 0 spiro atoms. The lowest BCUT2D eigenvalue weighted by molar-refractivity contribution is -0.129. The summed E-state index contributed by atoms with van der Waals surface area (Å²) in [6.45, 7) is 2.91. The van der Waals surface area contributed by atoms with Crippen molar-refractivity contribution < 1.29 is 9.53 Å². The van der Waals surface area contributed by atoms with Crippen LogP contribution in [0.4, 0.5) is 0 Å². The fourth-order valence-electron chi connectivity index (χ4n) is 3.26. The largest absolute Gasteiger partial charge is 0.497 e. The van der Waals surface area contributed by atoms with Gasteiger partial charge in [-0.2, -0.15) is 0 Å². The summed E-state index contributed by atoms with van der Waals surface area (Å²) in [6, 6.07) is 14.4. The fraction of sp³-hybridized carbons (Fsp3) is 0.350. The monoisotopic (exact) mass is 419 g/mol. The first-order valence-electron chi connectivity index (χ1n) is 8.41. The minimum atomic E-state index is 0.161. The van der Waals surface area contributed by atoms with E-state index in [9.17, 15) is 4.79 Å². The van der Waals surface area contributed by atoms with Crippen molar-refractivity contribution in [3.8, 4) is 5.75 Å². The summed E-state index contributed by atoms with van der Waals surface area (Å²) in [4.78, 5) is 16.0. The lowest BCUT2D eigenvalue weighted by Crippen LogP contribution is -2.32. The van der Waals surface area contributed by atoms with E-state index in [1.165, 1.54) is 5.56 Å². The van der Waals surface area contributed by atoms with Gasteiger partial charge in [0.15, 0.2) is 0 Å². The first kappa shape index (κ1) is 18.3. The van der Waals surface area contributed by atoms with E-state index < -0.39 is 0 Å². The van der Waals surface area contributed by atoms with E-state index in [1.807, 2.05) is 29.2 Å². The Morgan fingerprint density at radius 2 is 2.16 bits per heavy atom. The van der Waals surface area contributed by atoms with Crippen LogP contribution in [0, 0.1) is 6.92 Å². The van der Waals surface area contributed by atoms with Crippen LogP contribution in [-0.4, -0.2) is 30.2 Å². The second kappa shape index (κ2) is 8.28. The number of halogens is 1. The van der Waals surface area contributed by atoms with Gasteiger partial charge in [-0.3, -0.25) is 4.79 Å².